The van der Waals surface area contributed by atoms with Crippen LogP contribution in [-0.2, 0) is 22.9 Å². The van der Waals surface area contributed by atoms with Crippen LogP contribution in [-0.4, -0.2) is 21.1 Å². The highest BCUT2D eigenvalue weighted by atomic mass is 19.1. The lowest BCUT2D eigenvalue weighted by Gasteiger charge is -2.11. The summed E-state index contributed by atoms with van der Waals surface area (Å²) >= 11 is 0. The zero-order valence-electron chi connectivity index (χ0n) is 15.0. The summed E-state index contributed by atoms with van der Waals surface area (Å²) in [5.74, 6) is -2.79. The molecule has 148 valence electrons. The fourth-order valence-electron chi connectivity index (χ4n) is 2.39. The Kier molecular flexibility index (Phi) is 5.98. The first-order valence-corrected chi connectivity index (χ1v) is 8.41. The van der Waals surface area contributed by atoms with Crippen molar-refractivity contribution < 1.29 is 23.5 Å². The average molecular weight is 398 g/mol. The van der Waals surface area contributed by atoms with Gasteiger partial charge in [-0.15, -0.1) is 0 Å². The molecule has 0 aliphatic rings. The van der Waals surface area contributed by atoms with E-state index in [0.717, 1.165) is 0 Å². The second kappa shape index (κ2) is 8.79. The van der Waals surface area contributed by atoms with Crippen molar-refractivity contribution in [3.05, 3.63) is 105 Å². The van der Waals surface area contributed by atoms with E-state index in [0.29, 0.717) is 15.3 Å². The molecule has 0 radical (unpaired) electrons. The molecule has 3 aromatic rings. The Morgan fingerprint density at radius 3 is 1.79 bits per heavy atom. The minimum atomic E-state index is -1.27. The number of ether oxygens (including phenoxy) is 2. The molecular weight excluding hydrogens is 383 g/mol. The number of rotatable bonds is 6. The van der Waals surface area contributed by atoms with Crippen LogP contribution in [0.3, 0.4) is 0 Å². The van der Waals surface area contributed by atoms with Crippen molar-refractivity contribution in [2.75, 3.05) is 0 Å². The molecule has 0 unspecified atom stereocenters. The summed E-state index contributed by atoms with van der Waals surface area (Å²) in [6.45, 7) is -1.42. The zero-order valence-corrected chi connectivity index (χ0v) is 15.0. The molecule has 0 fully saturated rings. The third-order valence-electron chi connectivity index (χ3n) is 3.87. The summed E-state index contributed by atoms with van der Waals surface area (Å²) in [7, 11) is 0. The van der Waals surface area contributed by atoms with Crippen molar-refractivity contribution >= 4 is 11.9 Å². The molecule has 0 saturated carbocycles. The molecule has 29 heavy (non-hydrogen) atoms. The summed E-state index contributed by atoms with van der Waals surface area (Å²) in [6.07, 6.45) is 0.623. The molecule has 0 spiro atoms. The molecule has 8 nitrogen and oxygen atoms in total. The van der Waals surface area contributed by atoms with Crippen LogP contribution in [0.25, 0.3) is 0 Å². The van der Waals surface area contributed by atoms with E-state index in [2.05, 4.69) is 0 Å². The van der Waals surface area contributed by atoms with E-state index in [4.69, 9.17) is 9.47 Å². The second-order valence-corrected chi connectivity index (χ2v) is 5.82. The molecule has 0 bridgehead atoms. The first kappa shape index (κ1) is 19.7. The molecule has 3 rings (SSSR count). The molecule has 9 heteroatoms. The van der Waals surface area contributed by atoms with E-state index in [9.17, 15) is 23.6 Å². The van der Waals surface area contributed by atoms with E-state index in [1.807, 2.05) is 0 Å². The largest absolute Gasteiger partial charge is 0.440 e. The minimum Gasteiger partial charge on any atom is -0.440 e. The van der Waals surface area contributed by atoms with Gasteiger partial charge in [0.1, 0.15) is 0 Å². The molecule has 0 aliphatic heterocycles. The van der Waals surface area contributed by atoms with Gasteiger partial charge in [-0.1, -0.05) is 36.4 Å². The summed E-state index contributed by atoms with van der Waals surface area (Å²) < 4.78 is 24.9. The van der Waals surface area contributed by atoms with Gasteiger partial charge < -0.3 is 9.47 Å². The first-order chi connectivity index (χ1) is 14.0. The van der Waals surface area contributed by atoms with Gasteiger partial charge in [0.2, 0.25) is 5.82 Å². The summed E-state index contributed by atoms with van der Waals surface area (Å²) in [5.41, 5.74) is -1.82. The number of esters is 2. The molecule has 0 amide bonds. The Balaban J connectivity index is 1.76. The third kappa shape index (κ3) is 4.64. The van der Waals surface area contributed by atoms with Gasteiger partial charge in [0.05, 0.1) is 17.3 Å². The number of nitrogens with zero attached hydrogens (tertiary/aromatic N) is 2. The average Bonchev–Trinajstić information content (AvgIpc) is 2.76. The Hall–Kier alpha value is -4.01. The van der Waals surface area contributed by atoms with Crippen molar-refractivity contribution in [1.29, 1.82) is 0 Å². The van der Waals surface area contributed by atoms with Crippen LogP contribution in [0.15, 0.2) is 76.4 Å². The fraction of sp³-hybridized carbons (Fsp3) is 0.100. The smallest absolute Gasteiger partial charge is 0.339 e. The number of benzene rings is 2. The van der Waals surface area contributed by atoms with Crippen molar-refractivity contribution in [1.82, 2.24) is 9.13 Å². The van der Waals surface area contributed by atoms with Gasteiger partial charge in [-0.05, 0) is 24.3 Å². The number of hydrogen-bond donors (Lipinski definition) is 0. The number of hydrogen-bond acceptors (Lipinski definition) is 6. The van der Waals surface area contributed by atoms with Crippen LogP contribution < -0.4 is 11.2 Å². The van der Waals surface area contributed by atoms with E-state index < -0.39 is 42.5 Å². The van der Waals surface area contributed by atoms with Crippen molar-refractivity contribution in [2.45, 2.75) is 13.5 Å². The van der Waals surface area contributed by atoms with Gasteiger partial charge in [-0.3, -0.25) is 9.36 Å². The van der Waals surface area contributed by atoms with Crippen LogP contribution >= 0.6 is 0 Å². The van der Waals surface area contributed by atoms with Gasteiger partial charge in [0, 0.05) is 0 Å². The van der Waals surface area contributed by atoms with Gasteiger partial charge in [0.25, 0.3) is 5.56 Å². The van der Waals surface area contributed by atoms with E-state index in [1.165, 1.54) is 24.3 Å². The summed E-state index contributed by atoms with van der Waals surface area (Å²) in [6, 6.07) is 15.9. The lowest BCUT2D eigenvalue weighted by atomic mass is 10.2. The molecular formula is C20H15FN2O6. The topological polar surface area (TPSA) is 96.6 Å². The normalized spacial score (nSPS) is 10.4. The molecule has 2 aromatic carbocycles. The summed E-state index contributed by atoms with van der Waals surface area (Å²) in [4.78, 5) is 48.3. The third-order valence-corrected chi connectivity index (χ3v) is 3.87. The Morgan fingerprint density at radius 2 is 1.28 bits per heavy atom. The number of carbonyl (C=O) groups is 2. The van der Waals surface area contributed by atoms with E-state index >= 15 is 0 Å². The van der Waals surface area contributed by atoms with E-state index in [1.54, 1.807) is 36.4 Å². The van der Waals surface area contributed by atoms with Crippen molar-refractivity contribution in [3.8, 4) is 0 Å². The fourth-order valence-corrected chi connectivity index (χ4v) is 2.39. The Labute approximate surface area is 163 Å². The van der Waals surface area contributed by atoms with Gasteiger partial charge >= 0.3 is 17.6 Å². The van der Waals surface area contributed by atoms with Gasteiger partial charge in [-0.2, -0.15) is 4.39 Å². The van der Waals surface area contributed by atoms with E-state index in [-0.39, 0.29) is 11.1 Å². The molecule has 1 heterocycles. The number of aromatic nitrogens is 2. The minimum absolute atomic E-state index is 0.203. The van der Waals surface area contributed by atoms with Crippen LogP contribution in [0.4, 0.5) is 4.39 Å². The number of carbonyl (C=O) groups excluding carboxylic acids is 2. The SMILES string of the molecule is O=C(OCn1cc(F)c(=O)n(COC(=O)c2ccccc2)c1=O)c1ccccc1. The standard InChI is InChI=1S/C20H15FN2O6/c21-16-11-22(12-28-18(25)14-7-3-1-4-8-14)20(27)23(17(16)24)13-29-19(26)15-9-5-2-6-10-15/h1-11H,12-13H2. The second-order valence-electron chi connectivity index (χ2n) is 5.82. The van der Waals surface area contributed by atoms with Crippen LogP contribution in [0.2, 0.25) is 0 Å². The monoisotopic (exact) mass is 398 g/mol. The molecule has 1 aromatic heterocycles. The van der Waals surface area contributed by atoms with Gasteiger partial charge in [0.15, 0.2) is 13.5 Å². The number of halogens is 1. The lowest BCUT2D eigenvalue weighted by molar-refractivity contribution is 0.0315. The lowest BCUT2D eigenvalue weighted by Crippen LogP contribution is -2.42. The highest BCUT2D eigenvalue weighted by Crippen LogP contribution is 2.03. The van der Waals surface area contributed by atoms with Gasteiger partial charge in [-0.25, -0.2) is 19.0 Å². The molecule has 0 saturated heterocycles. The van der Waals surface area contributed by atoms with Crippen LogP contribution in [0, 0.1) is 5.82 Å². The predicted octanol–water partition coefficient (Wildman–Crippen LogP) is 1.78. The Morgan fingerprint density at radius 1 is 0.793 bits per heavy atom. The van der Waals surface area contributed by atoms with Crippen LogP contribution in [0.1, 0.15) is 20.7 Å². The highest BCUT2D eigenvalue weighted by molar-refractivity contribution is 5.89. The zero-order chi connectivity index (χ0) is 20.8. The predicted molar refractivity (Wildman–Crippen MR) is 98.6 cm³/mol. The highest BCUT2D eigenvalue weighted by Gasteiger charge is 2.15. The Bertz CT molecular complexity index is 1140. The molecule has 0 N–H and O–H groups in total. The first-order valence-electron chi connectivity index (χ1n) is 8.41. The maximum atomic E-state index is 13.9. The maximum absolute atomic E-state index is 13.9. The molecule has 0 atom stereocenters. The summed E-state index contributed by atoms with van der Waals surface area (Å²) in [5, 5.41) is 0. The molecule has 0 aliphatic carbocycles. The van der Waals surface area contributed by atoms with Crippen molar-refractivity contribution in [2.24, 2.45) is 0 Å². The van der Waals surface area contributed by atoms with Crippen molar-refractivity contribution in [3.63, 3.8) is 0 Å². The quantitative estimate of drug-likeness (QED) is 0.587. The van der Waals surface area contributed by atoms with Crippen LogP contribution in [0.5, 0.6) is 0 Å². The maximum Gasteiger partial charge on any atom is 0.339 e.